The van der Waals surface area contributed by atoms with E-state index < -0.39 is 5.91 Å². The summed E-state index contributed by atoms with van der Waals surface area (Å²) in [5, 5.41) is 3.84. The topological polar surface area (TPSA) is 53.9 Å². The minimum atomic E-state index is -0.390. The van der Waals surface area contributed by atoms with Crippen LogP contribution in [0.2, 0.25) is 0 Å². The van der Waals surface area contributed by atoms with E-state index in [4.69, 9.17) is 4.74 Å². The number of carbonyl (C=O) groups excluding carboxylic acids is 1. The molecule has 2 aromatic rings. The molecular formula is C19H19BrFN3O2. The van der Waals surface area contributed by atoms with E-state index in [0.717, 1.165) is 30.4 Å². The van der Waals surface area contributed by atoms with Gasteiger partial charge in [0, 0.05) is 17.6 Å². The van der Waals surface area contributed by atoms with Crippen LogP contribution in [0.15, 0.2) is 52.0 Å². The molecule has 0 saturated carbocycles. The third kappa shape index (κ3) is 5.05. The van der Waals surface area contributed by atoms with E-state index in [9.17, 15) is 9.18 Å². The maximum Gasteiger partial charge on any atom is 0.277 e. The summed E-state index contributed by atoms with van der Waals surface area (Å²) < 4.78 is 20.5. The average Bonchev–Trinajstić information content (AvgIpc) is 3.16. The molecule has 1 aliphatic heterocycles. The van der Waals surface area contributed by atoms with Crippen molar-refractivity contribution >= 4 is 33.7 Å². The summed E-state index contributed by atoms with van der Waals surface area (Å²) in [6.07, 6.45) is 3.60. The van der Waals surface area contributed by atoms with Gasteiger partial charge in [-0.05, 0) is 54.8 Å². The van der Waals surface area contributed by atoms with Gasteiger partial charge in [-0.1, -0.05) is 22.0 Å². The van der Waals surface area contributed by atoms with Crippen molar-refractivity contribution in [2.24, 2.45) is 5.10 Å². The number of nitrogens with one attached hydrogen (secondary N) is 1. The Labute approximate surface area is 160 Å². The number of ether oxygens (including phenoxy) is 1. The lowest BCUT2D eigenvalue weighted by atomic mass is 10.2. The molecule has 0 bridgehead atoms. The molecule has 7 heteroatoms. The summed E-state index contributed by atoms with van der Waals surface area (Å²) in [7, 11) is 0. The molecular weight excluding hydrogens is 401 g/mol. The maximum atomic E-state index is 14.2. The largest absolute Gasteiger partial charge is 0.484 e. The van der Waals surface area contributed by atoms with Gasteiger partial charge in [-0.25, -0.2) is 9.82 Å². The Balaban J connectivity index is 1.49. The predicted molar refractivity (Wildman–Crippen MR) is 103 cm³/mol. The number of anilines is 1. The molecule has 1 amide bonds. The monoisotopic (exact) mass is 419 g/mol. The number of amides is 1. The van der Waals surface area contributed by atoms with Gasteiger partial charge in [0.15, 0.2) is 6.61 Å². The van der Waals surface area contributed by atoms with Crippen LogP contribution in [0.25, 0.3) is 0 Å². The van der Waals surface area contributed by atoms with Crippen LogP contribution in [0.3, 0.4) is 0 Å². The highest BCUT2D eigenvalue weighted by Gasteiger charge is 2.15. The second kappa shape index (κ2) is 8.80. The third-order valence-electron chi connectivity index (χ3n) is 4.00. The van der Waals surface area contributed by atoms with Crippen LogP contribution in [-0.4, -0.2) is 31.8 Å². The van der Waals surface area contributed by atoms with E-state index in [1.54, 1.807) is 24.3 Å². The van der Waals surface area contributed by atoms with Crippen molar-refractivity contribution in [2.45, 2.75) is 12.8 Å². The van der Waals surface area contributed by atoms with Crippen LogP contribution in [0.5, 0.6) is 5.75 Å². The van der Waals surface area contributed by atoms with Crippen LogP contribution in [0.4, 0.5) is 10.1 Å². The van der Waals surface area contributed by atoms with E-state index in [1.807, 2.05) is 17.0 Å². The molecule has 0 spiro atoms. The number of benzene rings is 2. The summed E-state index contributed by atoms with van der Waals surface area (Å²) in [5.74, 6) is -0.0778. The van der Waals surface area contributed by atoms with Crippen LogP contribution in [0, 0.1) is 5.82 Å². The highest BCUT2D eigenvalue weighted by Crippen LogP contribution is 2.24. The summed E-state index contributed by atoms with van der Waals surface area (Å²) >= 11 is 3.33. The van der Waals surface area contributed by atoms with Gasteiger partial charge in [0.2, 0.25) is 0 Å². The maximum absolute atomic E-state index is 14.2. The van der Waals surface area contributed by atoms with Gasteiger partial charge >= 0.3 is 0 Å². The molecule has 0 aliphatic carbocycles. The Morgan fingerprint density at radius 3 is 2.65 bits per heavy atom. The first-order valence-corrected chi connectivity index (χ1v) is 9.16. The quantitative estimate of drug-likeness (QED) is 0.573. The Bertz CT molecular complexity index is 790. The Morgan fingerprint density at radius 1 is 1.23 bits per heavy atom. The van der Waals surface area contributed by atoms with Crippen molar-refractivity contribution in [3.8, 4) is 5.75 Å². The second-order valence-corrected chi connectivity index (χ2v) is 6.86. The minimum absolute atomic E-state index is 0.152. The van der Waals surface area contributed by atoms with Gasteiger partial charge in [-0.3, -0.25) is 4.79 Å². The van der Waals surface area contributed by atoms with Gasteiger partial charge < -0.3 is 9.64 Å². The van der Waals surface area contributed by atoms with Crippen LogP contribution in [0.1, 0.15) is 18.4 Å². The first-order valence-electron chi connectivity index (χ1n) is 8.36. The zero-order chi connectivity index (χ0) is 18.4. The standard InChI is InChI=1S/C19H19BrFN3O2/c20-15-4-6-16(7-5-15)26-13-19(25)23-22-12-14-3-8-18(17(21)11-14)24-9-1-2-10-24/h3-8,11-12H,1-2,9-10,13H2,(H,23,25)/b22-12-. The third-order valence-corrected chi connectivity index (χ3v) is 4.53. The Morgan fingerprint density at radius 2 is 1.96 bits per heavy atom. The Hall–Kier alpha value is -2.41. The highest BCUT2D eigenvalue weighted by atomic mass is 79.9. The zero-order valence-electron chi connectivity index (χ0n) is 14.1. The number of rotatable bonds is 6. The highest BCUT2D eigenvalue weighted by molar-refractivity contribution is 9.10. The SMILES string of the molecule is O=C(COc1ccc(Br)cc1)N/N=C\c1ccc(N2CCCC2)c(F)c1. The molecule has 1 heterocycles. The van der Waals surface area contributed by atoms with Crippen LogP contribution < -0.4 is 15.1 Å². The van der Waals surface area contributed by atoms with Gasteiger partial charge in [0.25, 0.3) is 5.91 Å². The van der Waals surface area contributed by atoms with E-state index in [1.165, 1.54) is 12.3 Å². The van der Waals surface area contributed by atoms with E-state index in [0.29, 0.717) is 17.0 Å². The van der Waals surface area contributed by atoms with Gasteiger partial charge in [0.1, 0.15) is 11.6 Å². The molecule has 0 radical (unpaired) electrons. The van der Waals surface area contributed by atoms with Crippen molar-refractivity contribution in [1.29, 1.82) is 0 Å². The van der Waals surface area contributed by atoms with Crippen molar-refractivity contribution in [1.82, 2.24) is 5.43 Å². The molecule has 136 valence electrons. The summed E-state index contributed by atoms with van der Waals surface area (Å²) in [4.78, 5) is 13.8. The van der Waals surface area contributed by atoms with E-state index in [2.05, 4.69) is 26.5 Å². The van der Waals surface area contributed by atoms with Crippen LogP contribution >= 0.6 is 15.9 Å². The average molecular weight is 420 g/mol. The fourth-order valence-electron chi connectivity index (χ4n) is 2.71. The fraction of sp³-hybridized carbons (Fsp3) is 0.263. The molecule has 1 fully saturated rings. The summed E-state index contributed by atoms with van der Waals surface area (Å²) in [6, 6.07) is 12.1. The number of halogens is 2. The molecule has 1 saturated heterocycles. The zero-order valence-corrected chi connectivity index (χ0v) is 15.7. The molecule has 0 unspecified atom stereocenters. The number of nitrogens with zero attached hydrogens (tertiary/aromatic N) is 2. The first-order chi connectivity index (χ1) is 12.6. The van der Waals surface area contributed by atoms with Crippen molar-refractivity contribution in [3.63, 3.8) is 0 Å². The van der Waals surface area contributed by atoms with Gasteiger partial charge in [-0.15, -0.1) is 0 Å². The van der Waals surface area contributed by atoms with Crippen molar-refractivity contribution in [2.75, 3.05) is 24.6 Å². The first kappa shape index (κ1) is 18.4. The molecule has 2 aromatic carbocycles. The molecule has 26 heavy (non-hydrogen) atoms. The van der Waals surface area contributed by atoms with Crippen molar-refractivity contribution < 1.29 is 13.9 Å². The number of hydrazone groups is 1. The van der Waals surface area contributed by atoms with Gasteiger partial charge in [-0.2, -0.15) is 5.10 Å². The van der Waals surface area contributed by atoms with Gasteiger partial charge in [0.05, 0.1) is 11.9 Å². The molecule has 1 N–H and O–H groups in total. The molecule has 1 aliphatic rings. The molecule has 0 atom stereocenters. The van der Waals surface area contributed by atoms with Crippen LogP contribution in [-0.2, 0) is 4.79 Å². The number of hydrogen-bond acceptors (Lipinski definition) is 4. The summed E-state index contributed by atoms with van der Waals surface area (Å²) in [6.45, 7) is 1.62. The minimum Gasteiger partial charge on any atom is -0.484 e. The van der Waals surface area contributed by atoms with E-state index >= 15 is 0 Å². The summed E-state index contributed by atoms with van der Waals surface area (Å²) in [5.41, 5.74) is 3.57. The second-order valence-electron chi connectivity index (χ2n) is 5.94. The normalized spacial score (nSPS) is 14.0. The molecule has 0 aromatic heterocycles. The lowest BCUT2D eigenvalue weighted by Crippen LogP contribution is -2.24. The fourth-order valence-corrected chi connectivity index (χ4v) is 2.97. The molecule has 5 nitrogen and oxygen atoms in total. The number of hydrogen-bond donors (Lipinski definition) is 1. The molecule has 3 rings (SSSR count). The predicted octanol–water partition coefficient (Wildman–Crippen LogP) is 3.72. The lowest BCUT2D eigenvalue weighted by Gasteiger charge is -2.18. The number of carbonyl (C=O) groups is 1. The van der Waals surface area contributed by atoms with Crippen molar-refractivity contribution in [3.05, 3.63) is 58.3 Å². The Kier molecular flexibility index (Phi) is 6.22. The smallest absolute Gasteiger partial charge is 0.277 e. The lowest BCUT2D eigenvalue weighted by molar-refractivity contribution is -0.123. The van der Waals surface area contributed by atoms with E-state index in [-0.39, 0.29) is 12.4 Å².